The highest BCUT2D eigenvalue weighted by atomic mass is 16.2. The molecule has 1 unspecified atom stereocenters. The Balaban J connectivity index is 2.00. The van der Waals surface area contributed by atoms with Crippen LogP contribution in [0, 0.1) is 13.8 Å². The van der Waals surface area contributed by atoms with E-state index in [-0.39, 0.29) is 12.3 Å². The van der Waals surface area contributed by atoms with Crippen molar-refractivity contribution in [1.82, 2.24) is 24.6 Å². The van der Waals surface area contributed by atoms with Gasteiger partial charge in [-0.25, -0.2) is 9.67 Å². The zero-order valence-corrected chi connectivity index (χ0v) is 14.3. The number of hydrogen-bond acceptors (Lipinski definition) is 5. The van der Waals surface area contributed by atoms with Gasteiger partial charge in [0.15, 0.2) is 0 Å². The number of nitrogens with two attached hydrogens (primary N) is 1. The third-order valence-electron chi connectivity index (χ3n) is 4.29. The topological polar surface area (TPSA) is 97.4 Å². The summed E-state index contributed by atoms with van der Waals surface area (Å²) in [5.74, 6) is 0.961. The number of aromatic nitrogens is 3. The van der Waals surface area contributed by atoms with E-state index in [2.05, 4.69) is 28.8 Å². The van der Waals surface area contributed by atoms with E-state index in [4.69, 9.17) is 5.73 Å². The molecule has 2 rings (SSSR count). The third-order valence-corrected chi connectivity index (χ3v) is 4.29. The van der Waals surface area contributed by atoms with Crippen LogP contribution in [0.25, 0.3) is 0 Å². The van der Waals surface area contributed by atoms with Gasteiger partial charge in [0.25, 0.3) is 0 Å². The molecular formula is C15H26N6O2. The van der Waals surface area contributed by atoms with E-state index < -0.39 is 11.9 Å². The summed E-state index contributed by atoms with van der Waals surface area (Å²) in [6.07, 6.45) is 0.287. The maximum absolute atomic E-state index is 12.5. The first-order valence-electron chi connectivity index (χ1n) is 8.00. The normalized spacial score (nSPS) is 19.3. The second-order valence-electron chi connectivity index (χ2n) is 6.27. The van der Waals surface area contributed by atoms with Gasteiger partial charge in [-0.2, -0.15) is 5.10 Å². The van der Waals surface area contributed by atoms with Crippen LogP contribution in [0.15, 0.2) is 0 Å². The summed E-state index contributed by atoms with van der Waals surface area (Å²) in [7, 11) is 0. The predicted molar refractivity (Wildman–Crippen MR) is 85.5 cm³/mol. The first kappa shape index (κ1) is 17.4. The molecule has 0 aliphatic carbocycles. The molecule has 1 atom stereocenters. The smallest absolute Gasteiger partial charge is 0.241 e. The van der Waals surface area contributed by atoms with Crippen LogP contribution >= 0.6 is 0 Å². The number of aryl methyl sites for hydroxylation is 3. The molecule has 1 fully saturated rings. The van der Waals surface area contributed by atoms with E-state index in [0.717, 1.165) is 12.4 Å². The molecule has 2 N–H and O–H groups in total. The molecule has 0 radical (unpaired) electrons. The molecule has 0 bridgehead atoms. The average Bonchev–Trinajstić information content (AvgIpc) is 2.81. The Morgan fingerprint density at radius 3 is 2.52 bits per heavy atom. The predicted octanol–water partition coefficient (Wildman–Crippen LogP) is -0.308. The standard InChI is InChI=1S/C15H26N6O2/c1-10(2)19-7-8-20(13(9-19)15(16)23)14(22)5-6-21-12(4)17-11(3)18-21/h10,13H,5-9H2,1-4H3,(H2,16,23). The van der Waals surface area contributed by atoms with Crippen LogP contribution in [0.4, 0.5) is 0 Å². The SMILES string of the molecule is Cc1nc(C)n(CCC(=O)N2CCN(C(C)C)CC2C(N)=O)n1. The number of rotatable bonds is 5. The molecular weight excluding hydrogens is 296 g/mol. The summed E-state index contributed by atoms with van der Waals surface area (Å²) in [5, 5.41) is 4.25. The fourth-order valence-corrected chi connectivity index (χ4v) is 2.93. The molecule has 1 saturated heterocycles. The van der Waals surface area contributed by atoms with Crippen molar-refractivity contribution >= 4 is 11.8 Å². The molecule has 128 valence electrons. The molecule has 0 spiro atoms. The lowest BCUT2D eigenvalue weighted by atomic mass is 10.1. The number of carbonyl (C=O) groups excluding carboxylic acids is 2. The van der Waals surface area contributed by atoms with E-state index >= 15 is 0 Å². The van der Waals surface area contributed by atoms with E-state index in [1.54, 1.807) is 9.58 Å². The maximum atomic E-state index is 12.5. The molecule has 8 nitrogen and oxygen atoms in total. The molecule has 1 aromatic rings. The summed E-state index contributed by atoms with van der Waals surface area (Å²) in [5.41, 5.74) is 5.51. The Bertz CT molecular complexity index is 583. The highest BCUT2D eigenvalue weighted by Crippen LogP contribution is 2.14. The lowest BCUT2D eigenvalue weighted by Gasteiger charge is -2.41. The van der Waals surface area contributed by atoms with Crippen molar-refractivity contribution in [3.05, 3.63) is 11.6 Å². The highest BCUT2D eigenvalue weighted by molar-refractivity contribution is 5.87. The third kappa shape index (κ3) is 4.07. The number of primary amides is 1. The maximum Gasteiger partial charge on any atom is 0.241 e. The minimum Gasteiger partial charge on any atom is -0.368 e. The summed E-state index contributed by atoms with van der Waals surface area (Å²) in [6, 6.07) is -0.230. The summed E-state index contributed by atoms with van der Waals surface area (Å²) in [6.45, 7) is 10.1. The van der Waals surface area contributed by atoms with Crippen LogP contribution in [0.1, 0.15) is 31.9 Å². The van der Waals surface area contributed by atoms with E-state index in [9.17, 15) is 9.59 Å². The van der Waals surface area contributed by atoms with Crippen molar-refractivity contribution in [2.45, 2.75) is 52.7 Å². The Hall–Kier alpha value is -1.96. The summed E-state index contributed by atoms with van der Waals surface area (Å²) in [4.78, 5) is 32.3. The van der Waals surface area contributed by atoms with Crippen LogP contribution in [0.2, 0.25) is 0 Å². The fraction of sp³-hybridized carbons (Fsp3) is 0.733. The van der Waals surface area contributed by atoms with Crippen LogP contribution in [0.3, 0.4) is 0 Å². The van der Waals surface area contributed by atoms with Gasteiger partial charge in [-0.15, -0.1) is 0 Å². The fourth-order valence-electron chi connectivity index (χ4n) is 2.93. The van der Waals surface area contributed by atoms with Gasteiger partial charge in [-0.1, -0.05) is 0 Å². The number of piperazine rings is 1. The molecule has 8 heteroatoms. The molecule has 1 aliphatic heterocycles. The Morgan fingerprint density at radius 1 is 1.30 bits per heavy atom. The molecule has 2 amide bonds. The molecule has 1 aliphatic rings. The van der Waals surface area contributed by atoms with Crippen molar-refractivity contribution in [2.24, 2.45) is 5.73 Å². The van der Waals surface area contributed by atoms with Gasteiger partial charge in [-0.05, 0) is 27.7 Å². The highest BCUT2D eigenvalue weighted by Gasteiger charge is 2.34. The van der Waals surface area contributed by atoms with Gasteiger partial charge in [0, 0.05) is 32.1 Å². The zero-order valence-electron chi connectivity index (χ0n) is 14.3. The first-order chi connectivity index (χ1) is 10.8. The summed E-state index contributed by atoms with van der Waals surface area (Å²) >= 11 is 0. The molecule has 1 aromatic heterocycles. The van der Waals surface area contributed by atoms with Crippen LogP contribution in [-0.4, -0.2) is 68.1 Å². The second-order valence-corrected chi connectivity index (χ2v) is 6.27. The monoisotopic (exact) mass is 322 g/mol. The van der Waals surface area contributed by atoms with Gasteiger partial charge in [0.1, 0.15) is 17.7 Å². The average molecular weight is 322 g/mol. The lowest BCUT2D eigenvalue weighted by Crippen LogP contribution is -2.61. The summed E-state index contributed by atoms with van der Waals surface area (Å²) < 4.78 is 1.72. The van der Waals surface area contributed by atoms with Crippen molar-refractivity contribution in [3.8, 4) is 0 Å². The molecule has 2 heterocycles. The van der Waals surface area contributed by atoms with Crippen LogP contribution in [0.5, 0.6) is 0 Å². The van der Waals surface area contributed by atoms with Crippen LogP contribution in [-0.2, 0) is 16.1 Å². The van der Waals surface area contributed by atoms with Gasteiger partial charge < -0.3 is 10.6 Å². The quantitative estimate of drug-likeness (QED) is 0.802. The van der Waals surface area contributed by atoms with Crippen molar-refractivity contribution in [1.29, 1.82) is 0 Å². The van der Waals surface area contributed by atoms with Crippen molar-refractivity contribution in [3.63, 3.8) is 0 Å². The Kier molecular flexibility index (Phi) is 5.35. The van der Waals surface area contributed by atoms with Gasteiger partial charge in [0.05, 0.1) is 6.54 Å². The van der Waals surface area contributed by atoms with Crippen LogP contribution < -0.4 is 5.73 Å². The van der Waals surface area contributed by atoms with Gasteiger partial charge >= 0.3 is 0 Å². The first-order valence-corrected chi connectivity index (χ1v) is 8.00. The van der Waals surface area contributed by atoms with E-state index in [1.807, 2.05) is 13.8 Å². The number of nitrogens with zero attached hydrogens (tertiary/aromatic N) is 5. The molecule has 0 saturated carbocycles. The zero-order chi connectivity index (χ0) is 17.1. The Morgan fingerprint density at radius 2 is 2.00 bits per heavy atom. The van der Waals surface area contributed by atoms with Crippen molar-refractivity contribution < 1.29 is 9.59 Å². The number of carbonyl (C=O) groups is 2. The van der Waals surface area contributed by atoms with Gasteiger partial charge in [0.2, 0.25) is 11.8 Å². The number of amides is 2. The van der Waals surface area contributed by atoms with Gasteiger partial charge in [-0.3, -0.25) is 14.5 Å². The lowest BCUT2D eigenvalue weighted by molar-refractivity contribution is -0.143. The minimum absolute atomic E-state index is 0.0650. The largest absolute Gasteiger partial charge is 0.368 e. The minimum atomic E-state index is -0.558. The van der Waals surface area contributed by atoms with E-state index in [0.29, 0.717) is 31.5 Å². The molecule has 0 aromatic carbocycles. The second kappa shape index (κ2) is 7.08. The van der Waals surface area contributed by atoms with Crippen molar-refractivity contribution in [2.75, 3.05) is 19.6 Å². The number of hydrogen-bond donors (Lipinski definition) is 1. The Labute approximate surface area is 136 Å². The van der Waals surface area contributed by atoms with E-state index in [1.165, 1.54) is 0 Å². The molecule has 23 heavy (non-hydrogen) atoms.